The maximum Gasteiger partial charge on any atom is 0.373 e. The maximum absolute atomic E-state index is 12.9. The predicted octanol–water partition coefficient (Wildman–Crippen LogP) is 3.15. The van der Waals surface area contributed by atoms with Gasteiger partial charge in [0.05, 0.1) is 26.9 Å². The fourth-order valence-electron chi connectivity index (χ4n) is 3.13. The van der Waals surface area contributed by atoms with Crippen molar-refractivity contribution in [1.29, 1.82) is 0 Å². The number of methoxy groups -OCH3 is 2. The van der Waals surface area contributed by atoms with Gasteiger partial charge in [0.25, 0.3) is 5.91 Å². The Labute approximate surface area is 205 Å². The number of urea groups is 1. The molecule has 1 fully saturated rings. The van der Waals surface area contributed by atoms with Crippen molar-refractivity contribution in [3.63, 3.8) is 0 Å². The van der Waals surface area contributed by atoms with Crippen LogP contribution in [-0.2, 0) is 25.6 Å². The van der Waals surface area contributed by atoms with Crippen molar-refractivity contribution in [2.24, 2.45) is 0 Å². The molecular weight excluding hydrogens is 484 g/mol. The number of rotatable bonds is 9. The second kappa shape index (κ2) is 11.0. The number of halogens is 1. The minimum atomic E-state index is -0.700. The van der Waals surface area contributed by atoms with Crippen LogP contribution in [0.3, 0.4) is 0 Å². The summed E-state index contributed by atoms with van der Waals surface area (Å²) >= 11 is 6.17. The van der Waals surface area contributed by atoms with E-state index in [9.17, 15) is 19.2 Å². The fourth-order valence-corrected chi connectivity index (χ4v) is 3.35. The van der Waals surface area contributed by atoms with Crippen LogP contribution in [0.1, 0.15) is 35.7 Å². The molecule has 1 aliphatic heterocycles. The number of hydrogen-bond acceptors (Lipinski definition) is 9. The molecule has 3 rings (SSSR count). The average Bonchev–Trinajstić information content (AvgIpc) is 3.37. The molecule has 35 heavy (non-hydrogen) atoms. The van der Waals surface area contributed by atoms with Crippen LogP contribution >= 0.6 is 11.6 Å². The molecular formula is C23H23ClN2O9. The summed E-state index contributed by atoms with van der Waals surface area (Å²) in [4.78, 5) is 49.8. The highest BCUT2D eigenvalue weighted by Gasteiger charge is 2.35. The van der Waals surface area contributed by atoms with Crippen LogP contribution in [0.5, 0.6) is 11.5 Å². The fraction of sp³-hybridized carbons (Fsp3) is 0.304. The molecule has 1 aliphatic rings. The first kappa shape index (κ1) is 25.6. The number of carbonyl (C=O) groups excluding carboxylic acids is 4. The molecule has 3 amide bonds. The number of nitrogens with one attached hydrogen (secondary N) is 1. The highest BCUT2D eigenvalue weighted by atomic mass is 35.5. The Bertz CT molecular complexity index is 1190. The van der Waals surface area contributed by atoms with Gasteiger partial charge < -0.3 is 28.7 Å². The zero-order valence-corrected chi connectivity index (χ0v) is 20.1. The van der Waals surface area contributed by atoms with Crippen molar-refractivity contribution >= 4 is 41.6 Å². The first-order valence-corrected chi connectivity index (χ1v) is 10.7. The van der Waals surface area contributed by atoms with E-state index in [1.165, 1.54) is 44.6 Å². The Balaban J connectivity index is 1.85. The van der Waals surface area contributed by atoms with E-state index >= 15 is 0 Å². The van der Waals surface area contributed by atoms with Crippen molar-refractivity contribution in [3.05, 3.63) is 52.1 Å². The molecule has 2 heterocycles. The molecule has 0 saturated carbocycles. The summed E-state index contributed by atoms with van der Waals surface area (Å²) in [5.41, 5.74) is 0.205. The summed E-state index contributed by atoms with van der Waals surface area (Å²) < 4.78 is 25.9. The Morgan fingerprint density at radius 3 is 2.60 bits per heavy atom. The van der Waals surface area contributed by atoms with Gasteiger partial charge in [-0.15, -0.1) is 0 Å². The minimum absolute atomic E-state index is 0.0610. The highest BCUT2D eigenvalue weighted by molar-refractivity contribution is 6.31. The van der Waals surface area contributed by atoms with Crippen LogP contribution in [0.2, 0.25) is 5.02 Å². The Morgan fingerprint density at radius 2 is 1.94 bits per heavy atom. The first-order valence-electron chi connectivity index (χ1n) is 10.3. The van der Waals surface area contributed by atoms with E-state index in [2.05, 4.69) is 10.1 Å². The van der Waals surface area contributed by atoms with Crippen molar-refractivity contribution in [1.82, 2.24) is 10.2 Å². The lowest BCUT2D eigenvalue weighted by Crippen LogP contribution is -2.30. The molecule has 1 aromatic carbocycles. The van der Waals surface area contributed by atoms with Gasteiger partial charge >= 0.3 is 18.0 Å². The van der Waals surface area contributed by atoms with Crippen LogP contribution < -0.4 is 14.8 Å². The van der Waals surface area contributed by atoms with Crippen LogP contribution in [0.4, 0.5) is 4.79 Å². The topological polar surface area (TPSA) is 134 Å². The largest absolute Gasteiger partial charge is 0.493 e. The van der Waals surface area contributed by atoms with Crippen LogP contribution in [0.25, 0.3) is 6.08 Å². The van der Waals surface area contributed by atoms with Crippen molar-refractivity contribution in [3.8, 4) is 11.5 Å². The molecule has 0 spiro atoms. The van der Waals surface area contributed by atoms with E-state index in [4.69, 9.17) is 30.2 Å². The van der Waals surface area contributed by atoms with E-state index < -0.39 is 30.5 Å². The molecule has 0 unspecified atom stereocenters. The summed E-state index contributed by atoms with van der Waals surface area (Å²) in [5.74, 6) is -1.47. The summed E-state index contributed by atoms with van der Waals surface area (Å²) in [6.45, 7) is 2.77. The summed E-state index contributed by atoms with van der Waals surface area (Å²) in [7, 11) is 2.59. The number of furan rings is 1. The van der Waals surface area contributed by atoms with Crippen molar-refractivity contribution < 1.29 is 42.5 Å². The summed E-state index contributed by atoms with van der Waals surface area (Å²) in [6, 6.07) is 5.09. The normalized spacial score (nSPS) is 14.3. The number of carbonyl (C=O) groups is 4. The van der Waals surface area contributed by atoms with Gasteiger partial charge in [-0.05, 0) is 38.1 Å². The molecule has 12 heteroatoms. The molecule has 11 nitrogen and oxygen atoms in total. The van der Waals surface area contributed by atoms with Gasteiger partial charge in [0, 0.05) is 16.7 Å². The number of hydrogen-bond donors (Lipinski definition) is 1. The Morgan fingerprint density at radius 1 is 1.20 bits per heavy atom. The van der Waals surface area contributed by atoms with E-state index in [1.807, 2.05) is 0 Å². The van der Waals surface area contributed by atoms with Crippen LogP contribution in [0.15, 0.2) is 34.4 Å². The Kier molecular flexibility index (Phi) is 8.02. The lowest BCUT2D eigenvalue weighted by atomic mass is 10.1. The molecule has 1 saturated heterocycles. The molecule has 186 valence electrons. The average molecular weight is 507 g/mol. The van der Waals surface area contributed by atoms with Gasteiger partial charge in [-0.1, -0.05) is 11.6 Å². The standard InChI is InChI=1S/C23H23ClN2O9/c1-12(2)34-19(27)11-33-20-13(7-14(24)9-18(20)31-3)8-16-21(28)26(23(30)25-16)10-15-5-6-17(35-15)22(29)32-4/h5-9,12H,10-11H2,1-4H3,(H,25,30)/b16-8-. The van der Waals surface area contributed by atoms with Gasteiger partial charge in [0.1, 0.15) is 11.5 Å². The number of nitrogens with zero attached hydrogens (tertiary/aromatic N) is 1. The third-order valence-electron chi connectivity index (χ3n) is 4.59. The minimum Gasteiger partial charge on any atom is -0.493 e. The van der Waals surface area contributed by atoms with Crippen molar-refractivity contribution in [2.75, 3.05) is 20.8 Å². The lowest BCUT2D eigenvalue weighted by molar-refractivity contribution is -0.149. The first-order chi connectivity index (χ1) is 16.6. The number of benzene rings is 1. The zero-order valence-electron chi connectivity index (χ0n) is 19.4. The second-order valence-corrected chi connectivity index (χ2v) is 7.93. The zero-order chi connectivity index (χ0) is 25.7. The maximum atomic E-state index is 12.9. The van der Waals surface area contributed by atoms with Crippen LogP contribution in [0, 0.1) is 0 Å². The van der Waals surface area contributed by atoms with E-state index in [0.29, 0.717) is 0 Å². The smallest absolute Gasteiger partial charge is 0.373 e. The molecule has 1 aromatic heterocycles. The van der Waals surface area contributed by atoms with Gasteiger partial charge in [-0.3, -0.25) is 9.69 Å². The molecule has 0 radical (unpaired) electrons. The highest BCUT2D eigenvalue weighted by Crippen LogP contribution is 2.36. The molecule has 0 bridgehead atoms. The SMILES string of the molecule is COC(=O)c1ccc(CN2C(=O)N/C(=C\c3cc(Cl)cc(OC)c3OCC(=O)OC(C)C)C2=O)o1. The van der Waals surface area contributed by atoms with Crippen LogP contribution in [-0.4, -0.2) is 55.7 Å². The quantitative estimate of drug-likeness (QED) is 0.309. The molecule has 1 N–H and O–H groups in total. The predicted molar refractivity (Wildman–Crippen MR) is 122 cm³/mol. The van der Waals surface area contributed by atoms with E-state index in [0.717, 1.165) is 4.90 Å². The third kappa shape index (κ3) is 6.12. The number of amides is 3. The molecule has 0 atom stereocenters. The van der Waals surface area contributed by atoms with Gasteiger partial charge in [-0.25, -0.2) is 14.4 Å². The number of ether oxygens (including phenoxy) is 4. The van der Waals surface area contributed by atoms with Crippen molar-refractivity contribution in [2.45, 2.75) is 26.5 Å². The number of imide groups is 1. The van der Waals surface area contributed by atoms with E-state index in [1.54, 1.807) is 13.8 Å². The van der Waals surface area contributed by atoms with E-state index in [-0.39, 0.29) is 52.0 Å². The Hall–Kier alpha value is -3.99. The summed E-state index contributed by atoms with van der Waals surface area (Å²) in [5, 5.41) is 2.74. The van der Waals surface area contributed by atoms with Gasteiger partial charge in [0.2, 0.25) is 5.76 Å². The van der Waals surface area contributed by atoms with Gasteiger partial charge in [-0.2, -0.15) is 0 Å². The molecule has 2 aromatic rings. The molecule has 0 aliphatic carbocycles. The monoisotopic (exact) mass is 506 g/mol. The number of esters is 2. The lowest BCUT2D eigenvalue weighted by Gasteiger charge is -2.15. The summed E-state index contributed by atoms with van der Waals surface area (Å²) in [6.07, 6.45) is 1.02. The van der Waals surface area contributed by atoms with Gasteiger partial charge in [0.15, 0.2) is 18.1 Å². The second-order valence-electron chi connectivity index (χ2n) is 7.49. The third-order valence-corrected chi connectivity index (χ3v) is 4.81.